The van der Waals surface area contributed by atoms with E-state index in [0.717, 1.165) is 61.1 Å². The Balaban J connectivity index is 1.37. The molecule has 2 aromatic heterocycles. The van der Waals surface area contributed by atoms with Crippen molar-refractivity contribution in [2.75, 3.05) is 0 Å². The average Bonchev–Trinajstić information content (AvgIpc) is 3.66. The fourth-order valence-corrected chi connectivity index (χ4v) is 10.2. The summed E-state index contributed by atoms with van der Waals surface area (Å²) in [6.45, 7) is 2.12. The van der Waals surface area contributed by atoms with Crippen LogP contribution in [0.3, 0.4) is 0 Å². The zero-order valence-corrected chi connectivity index (χ0v) is 27.1. The highest BCUT2D eigenvalue weighted by atomic mass is 28.3. The maximum atomic E-state index is 7.16. The highest BCUT2D eigenvalue weighted by molar-refractivity contribution is 6.96. The van der Waals surface area contributed by atoms with Gasteiger partial charge in [-0.15, -0.1) is 0 Å². The standard InChI is InChI=1S/C43H31NO2Si/c1-29-14-8-12-22-38(29)46-43-41(47(31-15-4-2-5-16-31)32-17-6-3-7-18-32)27-25-37-42(43)34-20-9-11-21-36(34)44(37)30-24-26-40-35(28-30)33-19-10-13-23-39(33)45-40/h2-28,47H,1H3. The van der Waals surface area contributed by atoms with Crippen molar-refractivity contribution < 1.29 is 9.15 Å². The third-order valence-corrected chi connectivity index (χ3v) is 12.5. The molecule has 0 amide bonds. The summed E-state index contributed by atoms with van der Waals surface area (Å²) in [5.41, 5.74) is 6.23. The van der Waals surface area contributed by atoms with E-state index < -0.39 is 8.80 Å². The third kappa shape index (κ3) is 4.57. The van der Waals surface area contributed by atoms with Crippen LogP contribution in [0.2, 0.25) is 0 Å². The maximum Gasteiger partial charge on any atom is 0.137 e. The number of aryl methyl sites for hydroxylation is 1. The second-order valence-electron chi connectivity index (χ2n) is 12.1. The minimum atomic E-state index is -1.96. The average molecular weight is 622 g/mol. The molecule has 0 atom stereocenters. The molecule has 0 radical (unpaired) electrons. The number of aromatic nitrogens is 1. The minimum absolute atomic E-state index is 0.873. The lowest BCUT2D eigenvalue weighted by Gasteiger charge is -2.22. The fraction of sp³-hybridized carbons (Fsp3) is 0.0233. The van der Waals surface area contributed by atoms with Crippen LogP contribution in [0, 0.1) is 6.92 Å². The topological polar surface area (TPSA) is 27.3 Å². The molecule has 0 fully saturated rings. The number of furan rings is 1. The number of para-hydroxylation sites is 3. The van der Waals surface area contributed by atoms with Gasteiger partial charge in [0.2, 0.25) is 0 Å². The summed E-state index contributed by atoms with van der Waals surface area (Å²) in [7, 11) is -1.96. The SMILES string of the molecule is Cc1ccccc1Oc1c([SiH](c2ccccc2)c2ccccc2)ccc2c1c1ccccc1n2-c1ccc2oc3ccccc3c2c1. The fourth-order valence-electron chi connectivity index (χ4n) is 7.14. The lowest BCUT2D eigenvalue weighted by molar-refractivity contribution is 0.488. The number of hydrogen-bond acceptors (Lipinski definition) is 2. The predicted octanol–water partition coefficient (Wildman–Crippen LogP) is 9.03. The first-order valence-electron chi connectivity index (χ1n) is 16.1. The molecule has 9 aromatic rings. The quantitative estimate of drug-likeness (QED) is 0.137. The van der Waals surface area contributed by atoms with E-state index in [1.165, 1.54) is 20.9 Å². The van der Waals surface area contributed by atoms with E-state index in [1.54, 1.807) is 0 Å². The molecule has 47 heavy (non-hydrogen) atoms. The van der Waals surface area contributed by atoms with Crippen LogP contribution in [-0.4, -0.2) is 13.4 Å². The van der Waals surface area contributed by atoms with Crippen molar-refractivity contribution in [1.82, 2.24) is 4.57 Å². The largest absolute Gasteiger partial charge is 0.456 e. The number of fused-ring (bicyclic) bond motifs is 6. The van der Waals surface area contributed by atoms with E-state index in [-0.39, 0.29) is 0 Å². The number of rotatable bonds is 6. The van der Waals surface area contributed by atoms with Crippen LogP contribution in [0.25, 0.3) is 49.4 Å². The van der Waals surface area contributed by atoms with Gasteiger partial charge in [0.05, 0.1) is 16.4 Å². The Hall–Kier alpha value is -5.84. The molecule has 0 saturated carbocycles. The van der Waals surface area contributed by atoms with E-state index in [1.807, 2.05) is 12.1 Å². The van der Waals surface area contributed by atoms with Crippen molar-refractivity contribution in [3.05, 3.63) is 169 Å². The van der Waals surface area contributed by atoms with Crippen molar-refractivity contribution in [2.45, 2.75) is 6.92 Å². The van der Waals surface area contributed by atoms with Crippen LogP contribution >= 0.6 is 0 Å². The van der Waals surface area contributed by atoms with Gasteiger partial charge < -0.3 is 13.7 Å². The molecule has 0 aliphatic rings. The summed E-state index contributed by atoms with van der Waals surface area (Å²) in [5, 5.41) is 8.50. The summed E-state index contributed by atoms with van der Waals surface area (Å²) >= 11 is 0. The van der Waals surface area contributed by atoms with Crippen molar-refractivity contribution in [3.63, 3.8) is 0 Å². The van der Waals surface area contributed by atoms with Crippen LogP contribution in [0.1, 0.15) is 5.56 Å². The van der Waals surface area contributed by atoms with Crippen LogP contribution in [0.4, 0.5) is 0 Å². The molecule has 2 heterocycles. The Morgan fingerprint density at radius 3 is 1.94 bits per heavy atom. The van der Waals surface area contributed by atoms with Gasteiger partial charge in [-0.1, -0.05) is 132 Å². The third-order valence-electron chi connectivity index (χ3n) is 9.32. The second kappa shape index (κ2) is 11.2. The van der Waals surface area contributed by atoms with Gasteiger partial charge in [-0.3, -0.25) is 0 Å². The van der Waals surface area contributed by atoms with E-state index in [0.29, 0.717) is 0 Å². The normalized spacial score (nSPS) is 11.7. The van der Waals surface area contributed by atoms with Gasteiger partial charge in [-0.25, -0.2) is 0 Å². The summed E-state index contributed by atoms with van der Waals surface area (Å²) < 4.78 is 15.7. The monoisotopic (exact) mass is 621 g/mol. The minimum Gasteiger partial charge on any atom is -0.456 e. The molecular weight excluding hydrogens is 591 g/mol. The van der Waals surface area contributed by atoms with Gasteiger partial charge >= 0.3 is 0 Å². The lowest BCUT2D eigenvalue weighted by atomic mass is 10.1. The van der Waals surface area contributed by atoms with E-state index in [2.05, 4.69) is 163 Å². The van der Waals surface area contributed by atoms with Crippen molar-refractivity contribution in [1.29, 1.82) is 0 Å². The van der Waals surface area contributed by atoms with Crippen LogP contribution < -0.4 is 20.3 Å². The molecule has 0 unspecified atom stereocenters. The van der Waals surface area contributed by atoms with Crippen molar-refractivity contribution >= 4 is 68.1 Å². The first kappa shape index (κ1) is 27.5. The van der Waals surface area contributed by atoms with Gasteiger partial charge in [0, 0.05) is 21.8 Å². The molecule has 3 nitrogen and oxygen atoms in total. The molecule has 7 aromatic carbocycles. The molecule has 0 saturated heterocycles. The molecule has 0 spiro atoms. The smallest absolute Gasteiger partial charge is 0.137 e. The summed E-state index contributed by atoms with van der Waals surface area (Å²) in [6.07, 6.45) is 0. The Morgan fingerprint density at radius 1 is 0.532 bits per heavy atom. The Kier molecular flexibility index (Phi) is 6.54. The Morgan fingerprint density at radius 2 is 1.17 bits per heavy atom. The Bertz CT molecular complexity index is 2530. The van der Waals surface area contributed by atoms with Gasteiger partial charge in [-0.05, 0) is 60.1 Å². The number of ether oxygens (including phenoxy) is 1. The highest BCUT2D eigenvalue weighted by Gasteiger charge is 2.27. The molecule has 0 bridgehead atoms. The number of hydrogen-bond donors (Lipinski definition) is 0. The van der Waals surface area contributed by atoms with E-state index in [9.17, 15) is 0 Å². The van der Waals surface area contributed by atoms with Gasteiger partial charge in [0.15, 0.2) is 0 Å². The van der Waals surface area contributed by atoms with E-state index >= 15 is 0 Å². The first-order valence-corrected chi connectivity index (χ1v) is 17.8. The number of benzene rings is 7. The summed E-state index contributed by atoms with van der Waals surface area (Å²) in [6, 6.07) is 58.3. The van der Waals surface area contributed by atoms with Crippen LogP contribution in [-0.2, 0) is 0 Å². The molecule has 0 N–H and O–H groups in total. The van der Waals surface area contributed by atoms with E-state index in [4.69, 9.17) is 9.15 Å². The lowest BCUT2D eigenvalue weighted by Crippen LogP contribution is -2.52. The number of nitrogens with zero attached hydrogens (tertiary/aromatic N) is 1. The van der Waals surface area contributed by atoms with Gasteiger partial charge in [0.1, 0.15) is 31.5 Å². The predicted molar refractivity (Wildman–Crippen MR) is 198 cm³/mol. The van der Waals surface area contributed by atoms with Gasteiger partial charge in [-0.2, -0.15) is 0 Å². The molecule has 224 valence electrons. The van der Waals surface area contributed by atoms with Crippen molar-refractivity contribution in [2.24, 2.45) is 0 Å². The first-order chi connectivity index (χ1) is 23.2. The molecule has 9 rings (SSSR count). The molecule has 0 aliphatic heterocycles. The van der Waals surface area contributed by atoms with Crippen molar-refractivity contribution in [3.8, 4) is 17.2 Å². The Labute approximate surface area is 274 Å². The summed E-state index contributed by atoms with van der Waals surface area (Å²) in [4.78, 5) is 0. The maximum absolute atomic E-state index is 7.16. The second-order valence-corrected chi connectivity index (χ2v) is 15.0. The van der Waals surface area contributed by atoms with Crippen LogP contribution in [0.15, 0.2) is 168 Å². The van der Waals surface area contributed by atoms with Crippen LogP contribution in [0.5, 0.6) is 11.5 Å². The summed E-state index contributed by atoms with van der Waals surface area (Å²) in [5.74, 6) is 1.81. The zero-order chi connectivity index (χ0) is 31.3. The molecule has 4 heteroatoms. The highest BCUT2D eigenvalue weighted by Crippen LogP contribution is 2.40. The van der Waals surface area contributed by atoms with Gasteiger partial charge in [0.25, 0.3) is 0 Å². The molecular formula is C43H31NO2Si. The molecule has 0 aliphatic carbocycles. The zero-order valence-electron chi connectivity index (χ0n) is 25.9.